The SMILES string of the molecule is Cc1ncsc1CN1CCC2(CC1)CC(Cc1ccccc1)N(CC(C)C)C2=O. The second-order valence-corrected chi connectivity index (χ2v) is 10.3. The third kappa shape index (κ3) is 4.41. The Kier molecular flexibility index (Phi) is 6.07. The molecule has 0 radical (unpaired) electrons. The second-order valence-electron chi connectivity index (χ2n) is 9.32. The van der Waals surface area contributed by atoms with E-state index in [1.165, 1.54) is 10.4 Å². The maximum atomic E-state index is 13.6. The molecule has 2 aliphatic rings. The van der Waals surface area contributed by atoms with Crippen molar-refractivity contribution in [3.8, 4) is 0 Å². The third-order valence-electron chi connectivity index (χ3n) is 6.68. The van der Waals surface area contributed by atoms with Gasteiger partial charge in [0, 0.05) is 24.0 Å². The average molecular weight is 412 g/mol. The summed E-state index contributed by atoms with van der Waals surface area (Å²) < 4.78 is 0. The molecule has 1 atom stereocenters. The van der Waals surface area contributed by atoms with E-state index >= 15 is 0 Å². The minimum absolute atomic E-state index is 0.145. The number of aryl methyl sites for hydroxylation is 1. The van der Waals surface area contributed by atoms with Gasteiger partial charge in [-0.2, -0.15) is 0 Å². The number of carbonyl (C=O) groups is 1. The standard InChI is InChI=1S/C24H33N3OS/c1-18(2)15-27-21(13-20-7-5-4-6-8-20)14-24(23(27)28)9-11-26(12-10-24)16-22-19(3)25-17-29-22/h4-8,17-18,21H,9-16H2,1-3H3. The summed E-state index contributed by atoms with van der Waals surface area (Å²) in [5, 5.41) is 0. The molecule has 2 aromatic rings. The Hall–Kier alpha value is -1.72. The number of nitrogens with zero attached hydrogens (tertiary/aromatic N) is 3. The zero-order valence-corrected chi connectivity index (χ0v) is 18.8. The van der Waals surface area contributed by atoms with Crippen molar-refractivity contribution in [3.63, 3.8) is 0 Å². The quantitative estimate of drug-likeness (QED) is 0.700. The molecule has 4 rings (SSSR count). The van der Waals surface area contributed by atoms with E-state index in [1.54, 1.807) is 11.3 Å². The van der Waals surface area contributed by atoms with E-state index in [0.29, 0.717) is 17.9 Å². The van der Waals surface area contributed by atoms with Crippen LogP contribution in [0, 0.1) is 18.3 Å². The predicted octanol–water partition coefficient (Wildman–Crippen LogP) is 4.53. The minimum atomic E-state index is -0.145. The number of thiazole rings is 1. The molecule has 0 N–H and O–H groups in total. The van der Waals surface area contributed by atoms with Crippen molar-refractivity contribution >= 4 is 17.2 Å². The fraction of sp³-hybridized carbons (Fsp3) is 0.583. The maximum Gasteiger partial charge on any atom is 0.229 e. The number of carbonyl (C=O) groups excluding carboxylic acids is 1. The average Bonchev–Trinajstić information content (AvgIpc) is 3.21. The van der Waals surface area contributed by atoms with Gasteiger partial charge in [-0.05, 0) is 57.2 Å². The summed E-state index contributed by atoms with van der Waals surface area (Å²) in [5.74, 6) is 0.919. The summed E-state index contributed by atoms with van der Waals surface area (Å²) in [6.45, 7) is 10.4. The summed E-state index contributed by atoms with van der Waals surface area (Å²) in [6.07, 6.45) is 3.97. The van der Waals surface area contributed by atoms with Crippen molar-refractivity contribution in [3.05, 3.63) is 52.0 Å². The number of aromatic nitrogens is 1. The molecule has 5 heteroatoms. The monoisotopic (exact) mass is 411 g/mol. The van der Waals surface area contributed by atoms with E-state index in [1.807, 2.05) is 5.51 Å². The first kappa shape index (κ1) is 20.5. The fourth-order valence-corrected chi connectivity index (χ4v) is 5.87. The number of hydrogen-bond donors (Lipinski definition) is 0. The van der Waals surface area contributed by atoms with Crippen LogP contribution >= 0.6 is 11.3 Å². The Morgan fingerprint density at radius 3 is 2.55 bits per heavy atom. The third-order valence-corrected chi connectivity index (χ3v) is 7.60. The van der Waals surface area contributed by atoms with E-state index in [0.717, 1.165) is 57.6 Å². The summed E-state index contributed by atoms with van der Waals surface area (Å²) in [5.41, 5.74) is 4.29. The van der Waals surface area contributed by atoms with E-state index in [-0.39, 0.29) is 5.41 Å². The van der Waals surface area contributed by atoms with Gasteiger partial charge in [-0.1, -0.05) is 44.2 Å². The van der Waals surface area contributed by atoms with Crippen LogP contribution < -0.4 is 0 Å². The molecule has 2 fully saturated rings. The molecular formula is C24H33N3OS. The normalized spacial score (nSPS) is 22.1. The van der Waals surface area contributed by atoms with Crippen molar-refractivity contribution in [2.45, 2.75) is 59.0 Å². The summed E-state index contributed by atoms with van der Waals surface area (Å²) in [7, 11) is 0. The van der Waals surface area contributed by atoms with E-state index in [4.69, 9.17) is 0 Å². The Morgan fingerprint density at radius 1 is 1.21 bits per heavy atom. The van der Waals surface area contributed by atoms with Crippen molar-refractivity contribution in [2.24, 2.45) is 11.3 Å². The lowest BCUT2D eigenvalue weighted by Gasteiger charge is -2.38. The van der Waals surface area contributed by atoms with Gasteiger partial charge in [0.25, 0.3) is 0 Å². The van der Waals surface area contributed by atoms with E-state index < -0.39 is 0 Å². The molecule has 29 heavy (non-hydrogen) atoms. The number of piperidine rings is 1. The number of benzene rings is 1. The Labute approximate surface area is 178 Å². The van der Waals surface area contributed by atoms with Gasteiger partial charge in [-0.3, -0.25) is 9.69 Å². The molecule has 1 aromatic heterocycles. The summed E-state index contributed by atoms with van der Waals surface area (Å²) >= 11 is 1.75. The maximum absolute atomic E-state index is 13.6. The molecule has 1 aromatic carbocycles. The van der Waals surface area contributed by atoms with Crippen LogP contribution in [0.4, 0.5) is 0 Å². The van der Waals surface area contributed by atoms with Crippen molar-refractivity contribution in [2.75, 3.05) is 19.6 Å². The first-order valence-corrected chi connectivity index (χ1v) is 11.8. The molecule has 2 saturated heterocycles. The van der Waals surface area contributed by atoms with Crippen LogP contribution in [-0.4, -0.2) is 46.4 Å². The first-order valence-electron chi connectivity index (χ1n) is 10.9. The van der Waals surface area contributed by atoms with Gasteiger partial charge >= 0.3 is 0 Å². The highest BCUT2D eigenvalue weighted by molar-refractivity contribution is 7.09. The molecule has 1 unspecified atom stereocenters. The highest BCUT2D eigenvalue weighted by Gasteiger charge is 2.52. The van der Waals surface area contributed by atoms with Crippen LogP contribution in [-0.2, 0) is 17.8 Å². The molecular weight excluding hydrogens is 378 g/mol. The molecule has 1 spiro atoms. The zero-order valence-electron chi connectivity index (χ0n) is 17.9. The van der Waals surface area contributed by atoms with Crippen LogP contribution in [0.15, 0.2) is 35.8 Å². The topological polar surface area (TPSA) is 36.4 Å². The molecule has 0 aliphatic carbocycles. The molecule has 1 amide bonds. The Morgan fingerprint density at radius 2 is 1.93 bits per heavy atom. The van der Waals surface area contributed by atoms with Crippen LogP contribution in [0.25, 0.3) is 0 Å². The lowest BCUT2D eigenvalue weighted by Crippen LogP contribution is -2.45. The minimum Gasteiger partial charge on any atom is -0.339 e. The molecule has 3 heterocycles. The first-order chi connectivity index (χ1) is 14.0. The molecule has 4 nitrogen and oxygen atoms in total. The lowest BCUT2D eigenvalue weighted by atomic mass is 9.75. The van der Waals surface area contributed by atoms with Crippen molar-refractivity contribution < 1.29 is 4.79 Å². The smallest absolute Gasteiger partial charge is 0.229 e. The van der Waals surface area contributed by atoms with Crippen LogP contribution in [0.1, 0.15) is 49.2 Å². The van der Waals surface area contributed by atoms with E-state index in [2.05, 4.69) is 65.9 Å². The van der Waals surface area contributed by atoms with Crippen molar-refractivity contribution in [1.82, 2.24) is 14.8 Å². The second kappa shape index (κ2) is 8.57. The van der Waals surface area contributed by atoms with E-state index in [9.17, 15) is 4.79 Å². The summed E-state index contributed by atoms with van der Waals surface area (Å²) in [6, 6.07) is 11.0. The van der Waals surface area contributed by atoms with Gasteiger partial charge < -0.3 is 4.90 Å². The van der Waals surface area contributed by atoms with Crippen LogP contribution in [0.3, 0.4) is 0 Å². The molecule has 2 aliphatic heterocycles. The fourth-order valence-electron chi connectivity index (χ4n) is 5.05. The number of likely N-dealkylation sites (tertiary alicyclic amines) is 2. The number of hydrogen-bond acceptors (Lipinski definition) is 4. The Bertz CT molecular complexity index is 824. The van der Waals surface area contributed by atoms with Crippen LogP contribution in [0.5, 0.6) is 0 Å². The highest BCUT2D eigenvalue weighted by Crippen LogP contribution is 2.45. The lowest BCUT2D eigenvalue weighted by molar-refractivity contribution is -0.139. The van der Waals surface area contributed by atoms with Gasteiger partial charge in [0.15, 0.2) is 0 Å². The molecule has 0 saturated carbocycles. The van der Waals surface area contributed by atoms with Gasteiger partial charge in [0.1, 0.15) is 0 Å². The molecule has 156 valence electrons. The Balaban J connectivity index is 1.46. The zero-order chi connectivity index (χ0) is 20.4. The van der Waals surface area contributed by atoms with Crippen molar-refractivity contribution in [1.29, 1.82) is 0 Å². The van der Waals surface area contributed by atoms with Gasteiger partial charge in [-0.15, -0.1) is 11.3 Å². The largest absolute Gasteiger partial charge is 0.339 e. The number of amides is 1. The van der Waals surface area contributed by atoms with Gasteiger partial charge in [0.2, 0.25) is 5.91 Å². The van der Waals surface area contributed by atoms with Gasteiger partial charge in [0.05, 0.1) is 16.6 Å². The van der Waals surface area contributed by atoms with Crippen LogP contribution in [0.2, 0.25) is 0 Å². The number of rotatable bonds is 6. The predicted molar refractivity (Wildman–Crippen MR) is 119 cm³/mol. The summed E-state index contributed by atoms with van der Waals surface area (Å²) in [4.78, 5) is 24.1. The molecule has 0 bridgehead atoms. The van der Waals surface area contributed by atoms with Gasteiger partial charge in [-0.25, -0.2) is 4.98 Å². The highest BCUT2D eigenvalue weighted by atomic mass is 32.1.